The Bertz CT molecular complexity index is 819. The Labute approximate surface area is 140 Å². The largest absolute Gasteiger partial charge is 0.493 e. The Balaban J connectivity index is 1.99. The number of nitrogens with zero attached hydrogens (tertiary/aromatic N) is 1. The molecule has 0 fully saturated rings. The molecule has 2 N–H and O–H groups in total. The van der Waals surface area contributed by atoms with Crippen molar-refractivity contribution >= 4 is 6.09 Å². The van der Waals surface area contributed by atoms with Crippen molar-refractivity contribution in [3.05, 3.63) is 53.6 Å². The molecule has 24 heavy (non-hydrogen) atoms. The summed E-state index contributed by atoms with van der Waals surface area (Å²) in [4.78, 5) is 11.1. The third-order valence-electron chi connectivity index (χ3n) is 4.32. The number of hydrogen-bond acceptors (Lipinski definition) is 3. The first kappa shape index (κ1) is 15.9. The van der Waals surface area contributed by atoms with Crippen LogP contribution in [0.4, 0.5) is 4.79 Å². The standard InChI is InChI=1S/C19H18N2O3/c1-19(2)11-24-16-9-14(13-5-3-12(10-20)4-6-13)7-8-15(16)17(19)21-18(22)23/h3-9,17,21H,11H2,1-2H3,(H,22,23). The molecule has 0 bridgehead atoms. The second kappa shape index (κ2) is 5.89. The Morgan fingerprint density at radius 1 is 1.25 bits per heavy atom. The topological polar surface area (TPSA) is 82.3 Å². The summed E-state index contributed by atoms with van der Waals surface area (Å²) in [5, 5.41) is 20.6. The first-order valence-corrected chi connectivity index (χ1v) is 7.67. The molecular weight excluding hydrogens is 304 g/mol. The molecule has 3 rings (SSSR count). The van der Waals surface area contributed by atoms with Crippen LogP contribution in [0.25, 0.3) is 11.1 Å². The van der Waals surface area contributed by atoms with E-state index in [-0.39, 0.29) is 11.5 Å². The van der Waals surface area contributed by atoms with E-state index in [0.717, 1.165) is 16.7 Å². The maximum Gasteiger partial charge on any atom is 0.405 e. The zero-order valence-electron chi connectivity index (χ0n) is 13.5. The zero-order chi connectivity index (χ0) is 17.3. The molecule has 1 unspecified atom stereocenters. The van der Waals surface area contributed by atoms with Crippen LogP contribution in [0, 0.1) is 16.7 Å². The van der Waals surface area contributed by atoms with Gasteiger partial charge in [-0.25, -0.2) is 4.79 Å². The number of nitriles is 1. The molecule has 0 saturated heterocycles. The van der Waals surface area contributed by atoms with E-state index in [1.54, 1.807) is 12.1 Å². The van der Waals surface area contributed by atoms with Gasteiger partial charge in [-0.15, -0.1) is 0 Å². The second-order valence-electron chi connectivity index (χ2n) is 6.60. The molecule has 2 aromatic rings. The van der Waals surface area contributed by atoms with Crippen molar-refractivity contribution in [1.29, 1.82) is 5.26 Å². The molecule has 5 nitrogen and oxygen atoms in total. The summed E-state index contributed by atoms with van der Waals surface area (Å²) in [6, 6.07) is 14.9. The lowest BCUT2D eigenvalue weighted by Gasteiger charge is -2.39. The fraction of sp³-hybridized carbons (Fsp3) is 0.263. The SMILES string of the molecule is CC1(C)COc2cc(-c3ccc(C#N)cc3)ccc2C1NC(=O)O. The Morgan fingerprint density at radius 3 is 2.54 bits per heavy atom. The monoisotopic (exact) mass is 322 g/mol. The number of benzene rings is 2. The average Bonchev–Trinajstić information content (AvgIpc) is 2.57. The molecule has 122 valence electrons. The van der Waals surface area contributed by atoms with Gasteiger partial charge in [-0.1, -0.05) is 38.1 Å². The highest BCUT2D eigenvalue weighted by Crippen LogP contribution is 2.44. The van der Waals surface area contributed by atoms with Gasteiger partial charge < -0.3 is 15.2 Å². The van der Waals surface area contributed by atoms with Crippen LogP contribution in [-0.4, -0.2) is 17.8 Å². The van der Waals surface area contributed by atoms with Gasteiger partial charge in [0.2, 0.25) is 0 Å². The molecule has 1 aliphatic heterocycles. The minimum Gasteiger partial charge on any atom is -0.493 e. The minimum absolute atomic E-state index is 0.325. The summed E-state index contributed by atoms with van der Waals surface area (Å²) in [6.07, 6.45) is -1.04. The van der Waals surface area contributed by atoms with Crippen LogP contribution in [0.5, 0.6) is 5.75 Å². The van der Waals surface area contributed by atoms with Crippen LogP contribution < -0.4 is 10.1 Å². The molecule has 0 saturated carbocycles. The van der Waals surface area contributed by atoms with Crippen LogP contribution in [-0.2, 0) is 0 Å². The average molecular weight is 322 g/mol. The van der Waals surface area contributed by atoms with Gasteiger partial charge in [0.05, 0.1) is 24.3 Å². The number of amides is 1. The Hall–Kier alpha value is -3.00. The summed E-state index contributed by atoms with van der Waals surface area (Å²) >= 11 is 0. The van der Waals surface area contributed by atoms with Gasteiger partial charge >= 0.3 is 6.09 Å². The van der Waals surface area contributed by atoms with E-state index >= 15 is 0 Å². The van der Waals surface area contributed by atoms with E-state index in [4.69, 9.17) is 15.1 Å². The van der Waals surface area contributed by atoms with Crippen LogP contribution >= 0.6 is 0 Å². The van der Waals surface area contributed by atoms with Gasteiger partial charge in [-0.05, 0) is 29.3 Å². The van der Waals surface area contributed by atoms with Crippen molar-refractivity contribution in [1.82, 2.24) is 5.32 Å². The summed E-state index contributed by atoms with van der Waals surface area (Å²) in [7, 11) is 0. The van der Waals surface area contributed by atoms with Gasteiger partial charge in [0.25, 0.3) is 0 Å². The third kappa shape index (κ3) is 2.91. The number of rotatable bonds is 2. The Morgan fingerprint density at radius 2 is 1.92 bits per heavy atom. The summed E-state index contributed by atoms with van der Waals surface area (Å²) in [5.74, 6) is 0.690. The van der Waals surface area contributed by atoms with Crippen molar-refractivity contribution in [3.63, 3.8) is 0 Å². The maximum atomic E-state index is 11.1. The number of ether oxygens (including phenoxy) is 1. The van der Waals surface area contributed by atoms with Crippen LogP contribution in [0.15, 0.2) is 42.5 Å². The molecule has 5 heteroatoms. The number of fused-ring (bicyclic) bond motifs is 1. The number of hydrogen-bond donors (Lipinski definition) is 2. The van der Waals surface area contributed by atoms with E-state index in [9.17, 15) is 4.79 Å². The van der Waals surface area contributed by atoms with Gasteiger partial charge in [0, 0.05) is 11.0 Å². The van der Waals surface area contributed by atoms with Crippen LogP contribution in [0.3, 0.4) is 0 Å². The summed E-state index contributed by atoms with van der Waals surface area (Å²) in [5.41, 5.74) is 3.06. The maximum absolute atomic E-state index is 11.1. The normalized spacial score (nSPS) is 18.0. The van der Waals surface area contributed by atoms with Crippen molar-refractivity contribution < 1.29 is 14.6 Å². The second-order valence-corrected chi connectivity index (χ2v) is 6.60. The smallest absolute Gasteiger partial charge is 0.405 e. The van der Waals surface area contributed by atoms with E-state index in [1.807, 2.05) is 44.2 Å². The fourth-order valence-electron chi connectivity index (χ4n) is 2.98. The third-order valence-corrected chi connectivity index (χ3v) is 4.32. The first-order chi connectivity index (χ1) is 11.4. The molecule has 0 aromatic heterocycles. The highest BCUT2D eigenvalue weighted by molar-refractivity contribution is 5.69. The molecule has 0 aliphatic carbocycles. The lowest BCUT2D eigenvalue weighted by atomic mass is 9.78. The zero-order valence-corrected chi connectivity index (χ0v) is 13.5. The number of nitrogens with one attached hydrogen (secondary N) is 1. The van der Waals surface area contributed by atoms with Gasteiger partial charge in [-0.2, -0.15) is 5.26 Å². The van der Waals surface area contributed by atoms with Crippen LogP contribution in [0.1, 0.15) is 31.0 Å². The van der Waals surface area contributed by atoms with E-state index in [2.05, 4.69) is 11.4 Å². The summed E-state index contributed by atoms with van der Waals surface area (Å²) in [6.45, 7) is 4.39. The molecule has 0 radical (unpaired) electrons. The van der Waals surface area contributed by atoms with Crippen molar-refractivity contribution in [3.8, 4) is 22.9 Å². The Kier molecular flexibility index (Phi) is 3.90. The van der Waals surface area contributed by atoms with Crippen molar-refractivity contribution in [2.75, 3.05) is 6.61 Å². The fourth-order valence-corrected chi connectivity index (χ4v) is 2.98. The molecule has 2 aromatic carbocycles. The highest BCUT2D eigenvalue weighted by Gasteiger charge is 2.38. The number of carbonyl (C=O) groups is 1. The lowest BCUT2D eigenvalue weighted by Crippen LogP contribution is -2.43. The predicted octanol–water partition coefficient (Wildman–Crippen LogP) is 3.95. The molecular formula is C19H18N2O3. The molecule has 1 aliphatic rings. The number of carboxylic acid groups (broad SMARTS) is 1. The van der Waals surface area contributed by atoms with Gasteiger partial charge in [0.15, 0.2) is 0 Å². The highest BCUT2D eigenvalue weighted by atomic mass is 16.5. The predicted molar refractivity (Wildman–Crippen MR) is 89.8 cm³/mol. The van der Waals surface area contributed by atoms with Crippen molar-refractivity contribution in [2.24, 2.45) is 5.41 Å². The minimum atomic E-state index is -1.04. The van der Waals surface area contributed by atoms with Gasteiger partial charge in [0.1, 0.15) is 5.75 Å². The molecule has 1 heterocycles. The molecule has 0 spiro atoms. The first-order valence-electron chi connectivity index (χ1n) is 7.67. The molecule has 1 atom stereocenters. The van der Waals surface area contributed by atoms with Gasteiger partial charge in [-0.3, -0.25) is 0 Å². The van der Waals surface area contributed by atoms with E-state index in [0.29, 0.717) is 17.9 Å². The van der Waals surface area contributed by atoms with Crippen LogP contribution in [0.2, 0.25) is 0 Å². The van der Waals surface area contributed by atoms with E-state index < -0.39 is 6.09 Å². The van der Waals surface area contributed by atoms with E-state index in [1.165, 1.54) is 0 Å². The summed E-state index contributed by atoms with van der Waals surface area (Å²) < 4.78 is 5.87. The molecule has 1 amide bonds. The van der Waals surface area contributed by atoms with Crippen molar-refractivity contribution in [2.45, 2.75) is 19.9 Å². The lowest BCUT2D eigenvalue weighted by molar-refractivity contribution is 0.0996. The quantitative estimate of drug-likeness (QED) is 0.877.